The van der Waals surface area contributed by atoms with E-state index in [1.165, 1.54) is 6.07 Å². The van der Waals surface area contributed by atoms with Crippen LogP contribution in [0.1, 0.15) is 5.69 Å². The van der Waals surface area contributed by atoms with Crippen LogP contribution in [0.2, 0.25) is 0 Å². The molecular formula is C9H13F3N4O. The molecule has 5 nitrogen and oxygen atoms in total. The molecule has 0 spiro atoms. The van der Waals surface area contributed by atoms with E-state index in [1.807, 2.05) is 0 Å². The van der Waals surface area contributed by atoms with Crippen LogP contribution in [0.3, 0.4) is 0 Å². The smallest absolute Gasteiger partial charge is 0.382 e. The van der Waals surface area contributed by atoms with Crippen molar-refractivity contribution in [2.24, 2.45) is 0 Å². The van der Waals surface area contributed by atoms with Gasteiger partial charge in [-0.1, -0.05) is 0 Å². The molecule has 8 heteroatoms. The lowest BCUT2D eigenvalue weighted by Crippen LogP contribution is -2.35. The van der Waals surface area contributed by atoms with Crippen LogP contribution in [0.15, 0.2) is 6.07 Å². The SMILES string of the molecule is CNc1nc(C)cc(NCC(O)C(F)(F)F)n1. The van der Waals surface area contributed by atoms with Gasteiger partial charge in [-0.05, 0) is 6.92 Å². The van der Waals surface area contributed by atoms with Crippen molar-refractivity contribution in [3.8, 4) is 0 Å². The molecule has 0 saturated carbocycles. The Balaban J connectivity index is 2.66. The summed E-state index contributed by atoms with van der Waals surface area (Å²) in [4.78, 5) is 7.88. The van der Waals surface area contributed by atoms with Gasteiger partial charge in [-0.2, -0.15) is 18.2 Å². The number of nitrogens with one attached hydrogen (secondary N) is 2. The summed E-state index contributed by atoms with van der Waals surface area (Å²) in [6.45, 7) is 1.04. The number of rotatable bonds is 4. The summed E-state index contributed by atoms with van der Waals surface area (Å²) in [5.41, 5.74) is 0.605. The number of aliphatic hydroxyl groups excluding tert-OH is 1. The number of alkyl halides is 3. The number of halogens is 3. The fraction of sp³-hybridized carbons (Fsp3) is 0.556. The number of aryl methyl sites for hydroxylation is 1. The van der Waals surface area contributed by atoms with Crippen molar-refractivity contribution in [1.29, 1.82) is 0 Å². The Kier molecular flexibility index (Phi) is 4.11. The van der Waals surface area contributed by atoms with E-state index in [0.717, 1.165) is 0 Å². The van der Waals surface area contributed by atoms with Gasteiger partial charge in [-0.25, -0.2) is 4.98 Å². The third kappa shape index (κ3) is 4.06. The summed E-state index contributed by atoms with van der Waals surface area (Å²) < 4.78 is 36.1. The lowest BCUT2D eigenvalue weighted by Gasteiger charge is -2.15. The largest absolute Gasteiger partial charge is 0.416 e. The van der Waals surface area contributed by atoms with Crippen molar-refractivity contribution in [3.63, 3.8) is 0 Å². The van der Waals surface area contributed by atoms with Crippen molar-refractivity contribution < 1.29 is 18.3 Å². The summed E-state index contributed by atoms with van der Waals surface area (Å²) in [6, 6.07) is 1.49. The lowest BCUT2D eigenvalue weighted by molar-refractivity contribution is -0.198. The van der Waals surface area contributed by atoms with E-state index >= 15 is 0 Å². The molecule has 0 aliphatic rings. The molecule has 17 heavy (non-hydrogen) atoms. The Morgan fingerprint density at radius 2 is 2.06 bits per heavy atom. The second kappa shape index (κ2) is 5.17. The van der Waals surface area contributed by atoms with Gasteiger partial charge >= 0.3 is 6.18 Å². The normalized spacial score (nSPS) is 13.3. The van der Waals surface area contributed by atoms with E-state index in [9.17, 15) is 13.2 Å². The van der Waals surface area contributed by atoms with Crippen molar-refractivity contribution in [2.45, 2.75) is 19.2 Å². The highest BCUT2D eigenvalue weighted by molar-refractivity contribution is 5.41. The van der Waals surface area contributed by atoms with Gasteiger partial charge in [-0.15, -0.1) is 0 Å². The molecule has 0 aromatic carbocycles. The predicted molar refractivity (Wildman–Crippen MR) is 56.9 cm³/mol. The Morgan fingerprint density at radius 1 is 1.41 bits per heavy atom. The van der Waals surface area contributed by atoms with E-state index in [-0.39, 0.29) is 5.82 Å². The molecule has 1 atom stereocenters. The molecule has 1 unspecified atom stereocenters. The number of nitrogens with zero attached hydrogens (tertiary/aromatic N) is 2. The molecule has 1 rings (SSSR count). The first-order valence-electron chi connectivity index (χ1n) is 4.85. The zero-order valence-electron chi connectivity index (χ0n) is 9.34. The average molecular weight is 250 g/mol. The minimum atomic E-state index is -4.64. The van der Waals surface area contributed by atoms with E-state index in [2.05, 4.69) is 20.6 Å². The van der Waals surface area contributed by atoms with E-state index in [4.69, 9.17) is 5.11 Å². The van der Waals surface area contributed by atoms with Gasteiger partial charge in [0.05, 0.1) is 6.54 Å². The Labute approximate surface area is 96.1 Å². The Bertz CT molecular complexity index is 383. The van der Waals surface area contributed by atoms with E-state index in [1.54, 1.807) is 14.0 Å². The molecular weight excluding hydrogens is 237 g/mol. The zero-order valence-corrected chi connectivity index (χ0v) is 9.34. The van der Waals surface area contributed by atoms with Gasteiger partial charge in [-0.3, -0.25) is 0 Å². The fourth-order valence-electron chi connectivity index (χ4n) is 1.09. The molecule has 0 bridgehead atoms. The molecule has 0 amide bonds. The highest BCUT2D eigenvalue weighted by Crippen LogP contribution is 2.20. The van der Waals surface area contributed by atoms with Crippen LogP contribution >= 0.6 is 0 Å². The third-order valence-electron chi connectivity index (χ3n) is 1.93. The summed E-state index contributed by atoms with van der Waals surface area (Å²) in [6.07, 6.45) is -7.06. The maximum Gasteiger partial charge on any atom is 0.416 e. The van der Waals surface area contributed by atoms with Crippen LogP contribution < -0.4 is 10.6 Å². The van der Waals surface area contributed by atoms with E-state index < -0.39 is 18.8 Å². The summed E-state index contributed by atoms with van der Waals surface area (Å²) >= 11 is 0. The zero-order chi connectivity index (χ0) is 13.1. The van der Waals surface area contributed by atoms with Gasteiger partial charge < -0.3 is 15.7 Å². The van der Waals surface area contributed by atoms with Crippen LogP contribution in [-0.2, 0) is 0 Å². The maximum absolute atomic E-state index is 12.0. The Hall–Kier alpha value is -1.57. The number of anilines is 2. The molecule has 0 aliphatic heterocycles. The van der Waals surface area contributed by atoms with Gasteiger partial charge in [0.2, 0.25) is 5.95 Å². The number of aliphatic hydroxyl groups is 1. The highest BCUT2D eigenvalue weighted by Gasteiger charge is 2.37. The van der Waals surface area contributed by atoms with Gasteiger partial charge in [0.25, 0.3) is 0 Å². The molecule has 0 radical (unpaired) electrons. The number of aromatic nitrogens is 2. The Morgan fingerprint density at radius 3 is 2.59 bits per heavy atom. The molecule has 0 fully saturated rings. The molecule has 0 aliphatic carbocycles. The first-order chi connectivity index (χ1) is 7.82. The maximum atomic E-state index is 12.0. The van der Waals surface area contributed by atoms with Crippen LogP contribution in [0, 0.1) is 6.92 Å². The summed E-state index contributed by atoms with van der Waals surface area (Å²) in [7, 11) is 1.60. The second-order valence-electron chi connectivity index (χ2n) is 3.41. The van der Waals surface area contributed by atoms with Crippen molar-refractivity contribution in [1.82, 2.24) is 9.97 Å². The topological polar surface area (TPSA) is 70.1 Å². The van der Waals surface area contributed by atoms with Gasteiger partial charge in [0.15, 0.2) is 6.10 Å². The minimum absolute atomic E-state index is 0.227. The second-order valence-corrected chi connectivity index (χ2v) is 3.41. The highest BCUT2D eigenvalue weighted by atomic mass is 19.4. The number of hydrogen-bond donors (Lipinski definition) is 3. The van der Waals surface area contributed by atoms with Crippen molar-refractivity contribution in [3.05, 3.63) is 11.8 Å². The standard InChI is InChI=1S/C9H13F3N4O/c1-5-3-7(16-8(13-2)15-5)14-4-6(17)9(10,11)12/h3,6,17H,4H2,1-2H3,(H2,13,14,15,16). The van der Waals surface area contributed by atoms with Crippen molar-refractivity contribution in [2.75, 3.05) is 24.2 Å². The molecule has 1 heterocycles. The monoisotopic (exact) mass is 250 g/mol. The molecule has 1 aromatic rings. The van der Waals surface area contributed by atoms with Crippen LogP contribution in [-0.4, -0.2) is 40.9 Å². The minimum Gasteiger partial charge on any atom is -0.382 e. The molecule has 1 aromatic heterocycles. The third-order valence-corrected chi connectivity index (χ3v) is 1.93. The quantitative estimate of drug-likeness (QED) is 0.748. The average Bonchev–Trinajstić information content (AvgIpc) is 2.23. The van der Waals surface area contributed by atoms with Crippen molar-refractivity contribution >= 4 is 11.8 Å². The first kappa shape index (κ1) is 13.5. The first-order valence-corrected chi connectivity index (χ1v) is 4.85. The fourth-order valence-corrected chi connectivity index (χ4v) is 1.09. The predicted octanol–water partition coefficient (Wildman–Crippen LogP) is 1.16. The van der Waals surface area contributed by atoms with Gasteiger partial charge in [0, 0.05) is 18.8 Å². The molecule has 3 N–H and O–H groups in total. The van der Waals surface area contributed by atoms with Gasteiger partial charge in [0.1, 0.15) is 5.82 Å². The molecule has 96 valence electrons. The molecule has 0 saturated heterocycles. The lowest BCUT2D eigenvalue weighted by atomic mass is 10.3. The summed E-state index contributed by atoms with van der Waals surface area (Å²) in [5.74, 6) is 0.527. The van der Waals surface area contributed by atoms with Crippen LogP contribution in [0.25, 0.3) is 0 Å². The number of hydrogen-bond acceptors (Lipinski definition) is 5. The van der Waals surface area contributed by atoms with Crippen LogP contribution in [0.5, 0.6) is 0 Å². The van der Waals surface area contributed by atoms with E-state index in [0.29, 0.717) is 11.6 Å². The summed E-state index contributed by atoms with van der Waals surface area (Å²) in [5, 5.41) is 13.9. The van der Waals surface area contributed by atoms with Crippen LogP contribution in [0.4, 0.5) is 24.9 Å².